The molecule has 2 N–H and O–H groups in total. The second kappa shape index (κ2) is 5.50. The number of halogens is 1. The maximum atomic E-state index is 14.0. The third-order valence-corrected chi connectivity index (χ3v) is 4.28. The zero-order chi connectivity index (χ0) is 15.0. The van der Waals surface area contributed by atoms with Gasteiger partial charge >= 0.3 is 0 Å². The van der Waals surface area contributed by atoms with Gasteiger partial charge in [-0.2, -0.15) is 0 Å². The van der Waals surface area contributed by atoms with Crippen molar-refractivity contribution in [3.05, 3.63) is 53.3 Å². The summed E-state index contributed by atoms with van der Waals surface area (Å²) in [7, 11) is 0. The molecule has 0 aliphatic heterocycles. The molecule has 1 atom stereocenters. The van der Waals surface area contributed by atoms with Crippen molar-refractivity contribution in [2.75, 3.05) is 0 Å². The van der Waals surface area contributed by atoms with Crippen molar-refractivity contribution in [3.8, 4) is 0 Å². The van der Waals surface area contributed by atoms with Crippen LogP contribution in [-0.4, -0.2) is 15.1 Å². The van der Waals surface area contributed by atoms with E-state index in [1.807, 2.05) is 25.1 Å². The maximum Gasteiger partial charge on any atom is 0.171 e. The Balaban J connectivity index is 2.02. The van der Waals surface area contributed by atoms with Crippen molar-refractivity contribution in [2.45, 2.75) is 30.0 Å². The van der Waals surface area contributed by atoms with E-state index >= 15 is 0 Å². The lowest BCUT2D eigenvalue weighted by molar-refractivity contribution is 0.195. The summed E-state index contributed by atoms with van der Waals surface area (Å²) in [5, 5.41) is 10.4. The van der Waals surface area contributed by atoms with Crippen molar-refractivity contribution < 1.29 is 9.50 Å². The summed E-state index contributed by atoms with van der Waals surface area (Å²) < 4.78 is 14.0. The Labute approximate surface area is 126 Å². The molecule has 0 bridgehead atoms. The zero-order valence-corrected chi connectivity index (χ0v) is 12.5. The molecule has 0 saturated heterocycles. The largest absolute Gasteiger partial charge is 0.389 e. The van der Waals surface area contributed by atoms with E-state index in [-0.39, 0.29) is 5.82 Å². The molecule has 1 aromatic heterocycles. The number of aromatic nitrogens is 2. The van der Waals surface area contributed by atoms with Crippen molar-refractivity contribution in [2.24, 2.45) is 0 Å². The molecule has 1 heterocycles. The van der Waals surface area contributed by atoms with Crippen LogP contribution in [0.5, 0.6) is 0 Å². The highest BCUT2D eigenvalue weighted by atomic mass is 32.2. The average Bonchev–Trinajstić information content (AvgIpc) is 2.82. The summed E-state index contributed by atoms with van der Waals surface area (Å²) in [5.74, 6) is -0.352. The van der Waals surface area contributed by atoms with Gasteiger partial charge in [-0.1, -0.05) is 18.2 Å². The first-order valence-corrected chi connectivity index (χ1v) is 7.47. The van der Waals surface area contributed by atoms with Gasteiger partial charge in [0.1, 0.15) is 5.82 Å². The van der Waals surface area contributed by atoms with Crippen LogP contribution in [-0.2, 0) is 0 Å². The van der Waals surface area contributed by atoms with E-state index in [9.17, 15) is 9.50 Å². The van der Waals surface area contributed by atoms with Crippen LogP contribution in [0.4, 0.5) is 4.39 Å². The molecule has 21 heavy (non-hydrogen) atoms. The second-order valence-corrected chi connectivity index (χ2v) is 6.00. The molecule has 3 aromatic rings. The molecule has 0 unspecified atom stereocenters. The molecule has 108 valence electrons. The second-order valence-electron chi connectivity index (χ2n) is 5.00. The first-order chi connectivity index (χ1) is 10.0. The van der Waals surface area contributed by atoms with Crippen LogP contribution in [0.15, 0.2) is 46.5 Å². The lowest BCUT2D eigenvalue weighted by Crippen LogP contribution is -1.96. The number of benzene rings is 2. The fourth-order valence-electron chi connectivity index (χ4n) is 2.21. The number of fused-ring (bicyclic) bond motifs is 1. The van der Waals surface area contributed by atoms with Gasteiger partial charge in [0.05, 0.1) is 22.0 Å². The highest BCUT2D eigenvalue weighted by molar-refractivity contribution is 7.99. The van der Waals surface area contributed by atoms with E-state index in [2.05, 4.69) is 9.97 Å². The number of aliphatic hydroxyl groups excluding tert-OH is 1. The Morgan fingerprint density at radius 1 is 1.29 bits per heavy atom. The molecule has 0 radical (unpaired) electrons. The van der Waals surface area contributed by atoms with Gasteiger partial charge in [0.2, 0.25) is 0 Å². The SMILES string of the molecule is Cc1ccc2nc(Sc3c(F)cccc3[C@@H](C)O)[nH]c2c1. The number of nitrogens with one attached hydrogen (secondary N) is 1. The number of aliphatic hydroxyl groups is 1. The Hall–Kier alpha value is -1.85. The highest BCUT2D eigenvalue weighted by Gasteiger charge is 2.15. The summed E-state index contributed by atoms with van der Waals surface area (Å²) in [6, 6.07) is 10.6. The fraction of sp³-hybridized carbons (Fsp3) is 0.188. The molecule has 0 amide bonds. The van der Waals surface area contributed by atoms with Crippen molar-refractivity contribution in [1.82, 2.24) is 9.97 Å². The number of imidazole rings is 1. The van der Waals surface area contributed by atoms with E-state index in [0.717, 1.165) is 16.6 Å². The Kier molecular flexibility index (Phi) is 3.69. The van der Waals surface area contributed by atoms with Crippen LogP contribution in [0, 0.1) is 12.7 Å². The lowest BCUT2D eigenvalue weighted by Gasteiger charge is -2.11. The van der Waals surface area contributed by atoms with Crippen LogP contribution >= 0.6 is 11.8 Å². The van der Waals surface area contributed by atoms with Gasteiger partial charge in [-0.15, -0.1) is 0 Å². The topological polar surface area (TPSA) is 48.9 Å². The number of hydrogen-bond donors (Lipinski definition) is 2. The Morgan fingerprint density at radius 3 is 2.86 bits per heavy atom. The number of rotatable bonds is 3. The van der Waals surface area contributed by atoms with E-state index < -0.39 is 6.10 Å². The number of nitrogens with zero attached hydrogens (tertiary/aromatic N) is 1. The summed E-state index contributed by atoms with van der Waals surface area (Å²) in [6.07, 6.45) is -0.727. The molecular formula is C16H15FN2OS. The normalized spacial score (nSPS) is 12.8. The van der Waals surface area contributed by atoms with Crippen LogP contribution in [0.2, 0.25) is 0 Å². The molecule has 3 nitrogen and oxygen atoms in total. The van der Waals surface area contributed by atoms with Gasteiger partial charge in [0, 0.05) is 0 Å². The zero-order valence-electron chi connectivity index (χ0n) is 11.7. The van der Waals surface area contributed by atoms with Gasteiger partial charge in [-0.25, -0.2) is 9.37 Å². The minimum atomic E-state index is -0.727. The predicted octanol–water partition coefficient (Wildman–Crippen LogP) is 4.21. The Bertz CT molecular complexity index is 798. The monoisotopic (exact) mass is 302 g/mol. The number of hydrogen-bond acceptors (Lipinski definition) is 3. The third-order valence-electron chi connectivity index (χ3n) is 3.26. The fourth-order valence-corrected chi connectivity index (χ4v) is 3.23. The lowest BCUT2D eigenvalue weighted by atomic mass is 10.1. The Morgan fingerprint density at radius 2 is 2.10 bits per heavy atom. The van der Waals surface area contributed by atoms with Gasteiger partial charge < -0.3 is 10.1 Å². The van der Waals surface area contributed by atoms with Crippen molar-refractivity contribution >= 4 is 22.8 Å². The van der Waals surface area contributed by atoms with E-state index in [4.69, 9.17) is 0 Å². The van der Waals surface area contributed by atoms with Gasteiger partial charge in [0.15, 0.2) is 5.16 Å². The van der Waals surface area contributed by atoms with Crippen molar-refractivity contribution in [1.29, 1.82) is 0 Å². The average molecular weight is 302 g/mol. The quantitative estimate of drug-likeness (QED) is 0.761. The molecule has 3 rings (SSSR count). The summed E-state index contributed by atoms with van der Waals surface area (Å²) in [6.45, 7) is 3.64. The van der Waals surface area contributed by atoms with Crippen LogP contribution in [0.25, 0.3) is 11.0 Å². The minimum Gasteiger partial charge on any atom is -0.389 e. The first kappa shape index (κ1) is 14.1. The molecule has 0 spiro atoms. The van der Waals surface area contributed by atoms with Crippen LogP contribution in [0.3, 0.4) is 0 Å². The van der Waals surface area contributed by atoms with Gasteiger partial charge in [0.25, 0.3) is 0 Å². The smallest absolute Gasteiger partial charge is 0.171 e. The minimum absolute atomic E-state index is 0.352. The summed E-state index contributed by atoms with van der Waals surface area (Å²) in [4.78, 5) is 8.04. The molecule has 2 aromatic carbocycles. The predicted molar refractivity (Wildman–Crippen MR) is 82.0 cm³/mol. The van der Waals surface area contributed by atoms with Gasteiger partial charge in [-0.3, -0.25) is 0 Å². The standard InChI is InChI=1S/C16H15FN2OS/c1-9-6-7-13-14(8-9)19-16(18-13)21-15-11(10(2)20)4-3-5-12(15)17/h3-8,10,20H,1-2H3,(H,18,19)/t10-/m1/s1. The van der Waals surface area contributed by atoms with Crippen molar-refractivity contribution in [3.63, 3.8) is 0 Å². The van der Waals surface area contributed by atoms with E-state index in [1.165, 1.54) is 17.8 Å². The summed E-state index contributed by atoms with van der Waals surface area (Å²) in [5.41, 5.74) is 3.47. The number of H-pyrrole nitrogens is 1. The molecule has 0 aliphatic carbocycles. The molecule has 0 saturated carbocycles. The summed E-state index contributed by atoms with van der Waals surface area (Å²) >= 11 is 1.20. The maximum absolute atomic E-state index is 14.0. The molecule has 0 fully saturated rings. The van der Waals surface area contributed by atoms with Gasteiger partial charge in [-0.05, 0) is 54.9 Å². The number of aryl methyl sites for hydroxylation is 1. The molecule has 0 aliphatic rings. The molecule has 5 heteroatoms. The van der Waals surface area contributed by atoms with Crippen LogP contribution < -0.4 is 0 Å². The highest BCUT2D eigenvalue weighted by Crippen LogP contribution is 2.34. The number of aromatic amines is 1. The molecular weight excluding hydrogens is 287 g/mol. The first-order valence-electron chi connectivity index (χ1n) is 6.65. The van der Waals surface area contributed by atoms with E-state index in [1.54, 1.807) is 19.1 Å². The van der Waals surface area contributed by atoms with Crippen LogP contribution in [0.1, 0.15) is 24.2 Å². The van der Waals surface area contributed by atoms with E-state index in [0.29, 0.717) is 15.6 Å². The third kappa shape index (κ3) is 2.80.